The van der Waals surface area contributed by atoms with E-state index < -0.39 is 18.1 Å². The molecule has 8 heteroatoms. The molecule has 3 aromatic rings. The summed E-state index contributed by atoms with van der Waals surface area (Å²) in [5.41, 5.74) is 3.28. The second-order valence-electron chi connectivity index (χ2n) is 8.16. The van der Waals surface area contributed by atoms with E-state index in [-0.39, 0.29) is 16.9 Å². The van der Waals surface area contributed by atoms with Crippen LogP contribution in [0, 0.1) is 0 Å². The average molecular weight is 442 g/mol. The third-order valence-corrected chi connectivity index (χ3v) is 6.87. The molecule has 3 heterocycles. The summed E-state index contributed by atoms with van der Waals surface area (Å²) >= 11 is 3.13. The fourth-order valence-electron chi connectivity index (χ4n) is 3.62. The maximum atomic E-state index is 13.1. The molecule has 0 radical (unpaired) electrons. The second kappa shape index (κ2) is 7.92. The Hall–Kier alpha value is -2.58. The van der Waals surface area contributed by atoms with E-state index in [0.717, 1.165) is 22.4 Å². The monoisotopic (exact) mass is 441 g/mol. The van der Waals surface area contributed by atoms with E-state index in [1.54, 1.807) is 11.3 Å². The average Bonchev–Trinajstić information content (AvgIpc) is 3.33. The SMILES string of the molecule is CC(C)(C)n1nc(-c2ccccc2)c2c1N(CC(=O)O)C(=O)CSC2c1ccsc1. The van der Waals surface area contributed by atoms with E-state index in [2.05, 4.69) is 11.4 Å². The summed E-state index contributed by atoms with van der Waals surface area (Å²) in [6.07, 6.45) is 0. The number of hydrogen-bond acceptors (Lipinski definition) is 5. The van der Waals surface area contributed by atoms with Crippen LogP contribution in [0.1, 0.15) is 37.1 Å². The number of hydrogen-bond donors (Lipinski definition) is 1. The number of nitrogens with zero attached hydrogens (tertiary/aromatic N) is 3. The topological polar surface area (TPSA) is 75.4 Å². The summed E-state index contributed by atoms with van der Waals surface area (Å²) in [4.78, 5) is 26.1. The number of carbonyl (C=O) groups excluding carboxylic acids is 1. The molecular formula is C22H23N3O3S2. The molecule has 0 bridgehead atoms. The number of rotatable bonds is 4. The van der Waals surface area contributed by atoms with Gasteiger partial charge in [-0.1, -0.05) is 30.3 Å². The van der Waals surface area contributed by atoms with Crippen molar-refractivity contribution in [1.29, 1.82) is 0 Å². The summed E-state index contributed by atoms with van der Waals surface area (Å²) < 4.78 is 1.82. The molecule has 0 spiro atoms. The highest BCUT2D eigenvalue weighted by Crippen LogP contribution is 2.49. The largest absolute Gasteiger partial charge is 0.480 e. The molecule has 1 atom stereocenters. The van der Waals surface area contributed by atoms with Crippen molar-refractivity contribution in [2.75, 3.05) is 17.2 Å². The van der Waals surface area contributed by atoms with Gasteiger partial charge >= 0.3 is 5.97 Å². The molecule has 0 fully saturated rings. The standard InChI is InChI=1S/C22H23N3O3S2/c1-22(2,3)25-21-18(19(23-25)14-7-5-4-6-8-14)20(15-9-10-29-12-15)30-13-16(26)24(21)11-17(27)28/h4-10,12,20H,11,13H2,1-3H3,(H,27,28). The first kappa shape index (κ1) is 20.7. The molecule has 4 rings (SSSR count). The number of thiophene rings is 1. The highest BCUT2D eigenvalue weighted by Gasteiger charge is 2.39. The Morgan fingerprint density at radius 2 is 1.97 bits per heavy atom. The minimum absolute atomic E-state index is 0.111. The molecule has 1 N–H and O–H groups in total. The lowest BCUT2D eigenvalue weighted by Crippen LogP contribution is -2.40. The van der Waals surface area contributed by atoms with Crippen LogP contribution in [0.25, 0.3) is 11.3 Å². The van der Waals surface area contributed by atoms with Gasteiger partial charge in [0.1, 0.15) is 12.4 Å². The molecule has 2 aromatic heterocycles. The molecule has 1 aliphatic rings. The molecule has 1 amide bonds. The van der Waals surface area contributed by atoms with Crippen LogP contribution in [0.15, 0.2) is 47.2 Å². The Bertz CT molecular complexity index is 1070. The van der Waals surface area contributed by atoms with Crippen molar-refractivity contribution in [3.8, 4) is 11.3 Å². The zero-order valence-electron chi connectivity index (χ0n) is 17.0. The number of carboxylic acids is 1. The fourth-order valence-corrected chi connectivity index (χ4v) is 5.58. The van der Waals surface area contributed by atoms with E-state index in [9.17, 15) is 14.7 Å². The molecule has 0 saturated heterocycles. The van der Waals surface area contributed by atoms with Gasteiger partial charge in [-0.25, -0.2) is 4.68 Å². The number of benzene rings is 1. The summed E-state index contributed by atoms with van der Waals surface area (Å²) in [6.45, 7) is 5.64. The first-order chi connectivity index (χ1) is 14.3. The Morgan fingerprint density at radius 3 is 2.57 bits per heavy atom. The highest BCUT2D eigenvalue weighted by molar-refractivity contribution is 8.00. The number of carboxylic acid groups (broad SMARTS) is 1. The van der Waals surface area contributed by atoms with Gasteiger partial charge in [0.05, 0.1) is 22.2 Å². The Morgan fingerprint density at radius 1 is 1.23 bits per heavy atom. The normalized spacial score (nSPS) is 17.0. The van der Waals surface area contributed by atoms with E-state index in [1.165, 1.54) is 16.7 Å². The summed E-state index contributed by atoms with van der Waals surface area (Å²) in [5, 5.41) is 18.5. The third-order valence-electron chi connectivity index (χ3n) is 4.91. The van der Waals surface area contributed by atoms with E-state index in [0.29, 0.717) is 5.82 Å². The van der Waals surface area contributed by atoms with E-state index in [4.69, 9.17) is 5.10 Å². The molecule has 1 unspecified atom stereocenters. The minimum Gasteiger partial charge on any atom is -0.480 e. The second-order valence-corrected chi connectivity index (χ2v) is 10.0. The lowest BCUT2D eigenvalue weighted by Gasteiger charge is -2.28. The predicted molar refractivity (Wildman–Crippen MR) is 121 cm³/mol. The molecule has 1 aromatic carbocycles. The number of aliphatic carboxylic acids is 1. The number of carbonyl (C=O) groups is 2. The predicted octanol–water partition coefficient (Wildman–Crippen LogP) is 4.62. The van der Waals surface area contributed by atoms with Gasteiger partial charge in [-0.15, -0.1) is 11.8 Å². The number of amides is 1. The van der Waals surface area contributed by atoms with Crippen molar-refractivity contribution >= 4 is 40.8 Å². The Balaban J connectivity index is 2.06. The van der Waals surface area contributed by atoms with Crippen molar-refractivity contribution in [3.63, 3.8) is 0 Å². The van der Waals surface area contributed by atoms with Gasteiger partial charge in [-0.2, -0.15) is 16.4 Å². The number of anilines is 1. The first-order valence-electron chi connectivity index (χ1n) is 9.62. The van der Waals surface area contributed by atoms with Crippen molar-refractivity contribution in [3.05, 3.63) is 58.3 Å². The Kier molecular flexibility index (Phi) is 5.46. The van der Waals surface area contributed by atoms with Crippen LogP contribution in [0.5, 0.6) is 0 Å². The van der Waals surface area contributed by atoms with Gasteiger partial charge in [-0.3, -0.25) is 14.5 Å². The van der Waals surface area contributed by atoms with Crippen molar-refractivity contribution < 1.29 is 14.7 Å². The molecule has 1 aliphatic heterocycles. The van der Waals surface area contributed by atoms with Crippen LogP contribution >= 0.6 is 23.1 Å². The maximum absolute atomic E-state index is 13.1. The minimum atomic E-state index is -1.05. The van der Waals surface area contributed by atoms with Gasteiger partial charge in [0.15, 0.2) is 0 Å². The third kappa shape index (κ3) is 3.77. The Labute approximate surface area is 183 Å². The summed E-state index contributed by atoms with van der Waals surface area (Å²) in [7, 11) is 0. The number of fused-ring (bicyclic) bond motifs is 1. The molecule has 156 valence electrons. The fraction of sp³-hybridized carbons (Fsp3) is 0.318. The number of aromatic nitrogens is 2. The molecule has 0 saturated carbocycles. The molecular weight excluding hydrogens is 418 g/mol. The van der Waals surface area contributed by atoms with Crippen molar-refractivity contribution in [2.45, 2.75) is 31.6 Å². The van der Waals surface area contributed by atoms with E-state index >= 15 is 0 Å². The van der Waals surface area contributed by atoms with Crippen molar-refractivity contribution in [1.82, 2.24) is 9.78 Å². The van der Waals surface area contributed by atoms with Gasteiger partial charge < -0.3 is 5.11 Å². The molecule has 0 aliphatic carbocycles. The quantitative estimate of drug-likeness (QED) is 0.639. The van der Waals surface area contributed by atoms with Gasteiger partial charge in [0.2, 0.25) is 5.91 Å². The van der Waals surface area contributed by atoms with Crippen LogP contribution in [-0.2, 0) is 15.1 Å². The lowest BCUT2D eigenvalue weighted by atomic mass is 10.0. The molecule has 6 nitrogen and oxygen atoms in total. The maximum Gasteiger partial charge on any atom is 0.323 e. The zero-order chi connectivity index (χ0) is 21.5. The lowest BCUT2D eigenvalue weighted by molar-refractivity contribution is -0.136. The van der Waals surface area contributed by atoms with Crippen LogP contribution < -0.4 is 4.90 Å². The van der Waals surface area contributed by atoms with E-state index in [1.807, 2.05) is 61.2 Å². The summed E-state index contributed by atoms with van der Waals surface area (Å²) in [5.74, 6) is -0.474. The van der Waals surface area contributed by atoms with Gasteiger partial charge in [-0.05, 0) is 43.2 Å². The summed E-state index contributed by atoms with van der Waals surface area (Å²) in [6, 6.07) is 11.9. The van der Waals surface area contributed by atoms with Crippen molar-refractivity contribution in [2.24, 2.45) is 0 Å². The van der Waals surface area contributed by atoms with Gasteiger partial charge in [0, 0.05) is 11.1 Å². The number of thioether (sulfide) groups is 1. The van der Waals surface area contributed by atoms with Crippen LogP contribution in [0.3, 0.4) is 0 Å². The smallest absolute Gasteiger partial charge is 0.323 e. The first-order valence-corrected chi connectivity index (χ1v) is 11.6. The van der Waals surface area contributed by atoms with Crippen LogP contribution in [0.4, 0.5) is 5.82 Å². The van der Waals surface area contributed by atoms with Crippen LogP contribution in [0.2, 0.25) is 0 Å². The van der Waals surface area contributed by atoms with Gasteiger partial charge in [0.25, 0.3) is 0 Å². The highest BCUT2D eigenvalue weighted by atomic mass is 32.2. The zero-order valence-corrected chi connectivity index (χ0v) is 18.7. The van der Waals surface area contributed by atoms with Crippen LogP contribution in [-0.4, -0.2) is 39.1 Å². The molecule has 30 heavy (non-hydrogen) atoms.